The second-order valence-corrected chi connectivity index (χ2v) is 8.87. The summed E-state index contributed by atoms with van der Waals surface area (Å²) in [5, 5.41) is 18.7. The van der Waals surface area contributed by atoms with Gasteiger partial charge in [0.25, 0.3) is 5.91 Å². The van der Waals surface area contributed by atoms with Crippen molar-refractivity contribution in [1.82, 2.24) is 15.1 Å². The van der Waals surface area contributed by atoms with E-state index in [1.165, 1.54) is 23.1 Å². The van der Waals surface area contributed by atoms with Crippen LogP contribution in [0.5, 0.6) is 11.5 Å². The number of aliphatic carboxylic acids is 1. The van der Waals surface area contributed by atoms with Crippen LogP contribution in [0.3, 0.4) is 0 Å². The molecule has 11 heteroatoms. The van der Waals surface area contributed by atoms with Crippen LogP contribution in [-0.4, -0.2) is 57.0 Å². The Morgan fingerprint density at radius 2 is 2.06 bits per heavy atom. The van der Waals surface area contributed by atoms with E-state index in [0.717, 1.165) is 17.0 Å². The van der Waals surface area contributed by atoms with Crippen LogP contribution >= 0.6 is 23.1 Å². The van der Waals surface area contributed by atoms with Crippen molar-refractivity contribution in [2.24, 2.45) is 4.99 Å². The SMILES string of the molecule is CCCN1C(=O)/C(=C\c2ccc(OCCC(=O)O)c(OCC)c2)S/C1=N/c1nnc(C)s1. The summed E-state index contributed by atoms with van der Waals surface area (Å²) in [4.78, 5) is 30.4. The lowest BCUT2D eigenvalue weighted by atomic mass is 10.2. The maximum atomic E-state index is 13.0. The molecule has 0 bridgehead atoms. The van der Waals surface area contributed by atoms with E-state index in [9.17, 15) is 9.59 Å². The van der Waals surface area contributed by atoms with E-state index in [1.54, 1.807) is 29.2 Å². The summed E-state index contributed by atoms with van der Waals surface area (Å²) >= 11 is 2.67. The second kappa shape index (κ2) is 11.1. The van der Waals surface area contributed by atoms with E-state index >= 15 is 0 Å². The van der Waals surface area contributed by atoms with Crippen LogP contribution in [0.4, 0.5) is 5.13 Å². The van der Waals surface area contributed by atoms with Gasteiger partial charge in [0.2, 0.25) is 5.13 Å². The number of aryl methyl sites for hydroxylation is 1. The maximum absolute atomic E-state index is 13.0. The molecular weight excluding hydrogens is 452 g/mol. The molecule has 1 aliphatic rings. The summed E-state index contributed by atoms with van der Waals surface area (Å²) in [5.74, 6) is -0.0936. The average molecular weight is 477 g/mol. The number of carbonyl (C=O) groups is 2. The Kier molecular flexibility index (Phi) is 8.23. The number of carboxylic acid groups (broad SMARTS) is 1. The zero-order valence-corrected chi connectivity index (χ0v) is 19.7. The number of thioether (sulfide) groups is 1. The fraction of sp³-hybridized carbons (Fsp3) is 0.381. The first kappa shape index (κ1) is 23.7. The molecule has 0 unspecified atom stereocenters. The molecule has 0 saturated carbocycles. The lowest BCUT2D eigenvalue weighted by Crippen LogP contribution is -2.29. The quantitative estimate of drug-likeness (QED) is 0.510. The molecule has 1 aromatic carbocycles. The fourth-order valence-electron chi connectivity index (χ4n) is 2.83. The van der Waals surface area contributed by atoms with Crippen molar-refractivity contribution in [3.05, 3.63) is 33.7 Å². The Labute approximate surface area is 194 Å². The zero-order chi connectivity index (χ0) is 23.1. The van der Waals surface area contributed by atoms with E-state index in [4.69, 9.17) is 14.6 Å². The van der Waals surface area contributed by atoms with Crippen LogP contribution in [0.15, 0.2) is 28.1 Å². The Morgan fingerprint density at radius 3 is 2.72 bits per heavy atom. The zero-order valence-electron chi connectivity index (χ0n) is 18.0. The number of ether oxygens (including phenoxy) is 2. The predicted molar refractivity (Wildman–Crippen MR) is 125 cm³/mol. The summed E-state index contributed by atoms with van der Waals surface area (Å²) in [6.45, 7) is 6.73. The highest BCUT2D eigenvalue weighted by molar-refractivity contribution is 8.18. The van der Waals surface area contributed by atoms with Gasteiger partial charge in [0.05, 0.1) is 24.5 Å². The first-order valence-electron chi connectivity index (χ1n) is 10.1. The number of nitrogens with zero attached hydrogens (tertiary/aromatic N) is 4. The predicted octanol–water partition coefficient (Wildman–Crippen LogP) is 4.11. The van der Waals surface area contributed by atoms with Gasteiger partial charge in [-0.2, -0.15) is 4.99 Å². The van der Waals surface area contributed by atoms with E-state index in [-0.39, 0.29) is 18.9 Å². The van der Waals surface area contributed by atoms with Gasteiger partial charge in [-0.05, 0) is 55.8 Å². The minimum atomic E-state index is -0.932. The lowest BCUT2D eigenvalue weighted by Gasteiger charge is -2.13. The highest BCUT2D eigenvalue weighted by Gasteiger charge is 2.33. The standard InChI is InChI=1S/C21H24N4O5S2/c1-4-9-25-19(28)17(32-21(25)22-20-24-23-13(3)31-20)12-14-6-7-15(16(11-14)29-5-2)30-10-8-18(26)27/h6-7,11-12H,4-5,8-10H2,1-3H3,(H,26,27)/b17-12+,22-21+. The van der Waals surface area contributed by atoms with Gasteiger partial charge in [-0.3, -0.25) is 14.5 Å². The van der Waals surface area contributed by atoms with Crippen molar-refractivity contribution in [1.29, 1.82) is 0 Å². The van der Waals surface area contributed by atoms with Crippen molar-refractivity contribution >= 4 is 51.4 Å². The molecule has 3 rings (SSSR count). The molecule has 1 saturated heterocycles. The average Bonchev–Trinajstić information content (AvgIpc) is 3.28. The first-order valence-corrected chi connectivity index (χ1v) is 11.8. The summed E-state index contributed by atoms with van der Waals surface area (Å²) < 4.78 is 11.2. The summed E-state index contributed by atoms with van der Waals surface area (Å²) in [7, 11) is 0. The molecule has 0 aliphatic carbocycles. The Bertz CT molecular complexity index is 1050. The number of carboxylic acids is 1. The molecule has 2 aromatic rings. The normalized spacial score (nSPS) is 16.2. The van der Waals surface area contributed by atoms with Crippen LogP contribution in [0, 0.1) is 6.92 Å². The Balaban J connectivity index is 1.85. The summed E-state index contributed by atoms with van der Waals surface area (Å²) in [6, 6.07) is 5.28. The van der Waals surface area contributed by atoms with Gasteiger partial charge in [0, 0.05) is 6.54 Å². The Morgan fingerprint density at radius 1 is 1.25 bits per heavy atom. The van der Waals surface area contributed by atoms with Gasteiger partial charge in [-0.15, -0.1) is 10.2 Å². The molecule has 170 valence electrons. The molecule has 0 atom stereocenters. The molecule has 1 amide bonds. The van der Waals surface area contributed by atoms with Crippen LogP contribution < -0.4 is 9.47 Å². The molecule has 0 radical (unpaired) electrons. The van der Waals surface area contributed by atoms with E-state index in [1.807, 2.05) is 20.8 Å². The molecule has 32 heavy (non-hydrogen) atoms. The molecule has 0 spiro atoms. The first-order chi connectivity index (χ1) is 15.4. The van der Waals surface area contributed by atoms with Crippen molar-refractivity contribution in [3.63, 3.8) is 0 Å². The maximum Gasteiger partial charge on any atom is 0.306 e. The van der Waals surface area contributed by atoms with Crippen molar-refractivity contribution in [2.45, 2.75) is 33.6 Å². The third kappa shape index (κ3) is 6.07. The molecule has 2 heterocycles. The molecule has 1 fully saturated rings. The topological polar surface area (TPSA) is 114 Å². The number of hydrogen-bond acceptors (Lipinski definition) is 9. The molecule has 9 nitrogen and oxygen atoms in total. The number of rotatable bonds is 10. The van der Waals surface area contributed by atoms with Gasteiger partial charge < -0.3 is 14.6 Å². The van der Waals surface area contributed by atoms with Gasteiger partial charge in [-0.1, -0.05) is 24.3 Å². The van der Waals surface area contributed by atoms with E-state index in [0.29, 0.717) is 39.9 Å². The molecular formula is C21H24N4O5S2. The monoisotopic (exact) mass is 476 g/mol. The largest absolute Gasteiger partial charge is 0.490 e. The van der Waals surface area contributed by atoms with Crippen LogP contribution in [0.1, 0.15) is 37.3 Å². The van der Waals surface area contributed by atoms with Gasteiger partial charge >= 0.3 is 5.97 Å². The summed E-state index contributed by atoms with van der Waals surface area (Å²) in [6.07, 6.45) is 2.48. The van der Waals surface area contributed by atoms with Gasteiger partial charge in [0.1, 0.15) is 5.01 Å². The highest BCUT2D eigenvalue weighted by Crippen LogP contribution is 2.36. The van der Waals surface area contributed by atoms with Gasteiger partial charge in [-0.25, -0.2) is 0 Å². The van der Waals surface area contributed by atoms with Crippen LogP contribution in [-0.2, 0) is 9.59 Å². The third-order valence-corrected chi connectivity index (χ3v) is 5.92. The number of hydrogen-bond donors (Lipinski definition) is 1. The number of aliphatic imine (C=N–C) groups is 1. The number of aromatic nitrogens is 2. The minimum Gasteiger partial charge on any atom is -0.490 e. The second-order valence-electron chi connectivity index (χ2n) is 6.70. The van der Waals surface area contributed by atoms with Crippen LogP contribution in [0.2, 0.25) is 0 Å². The molecule has 1 aromatic heterocycles. The number of benzene rings is 1. The molecule has 1 N–H and O–H groups in total. The van der Waals surface area contributed by atoms with Gasteiger partial charge in [0.15, 0.2) is 16.7 Å². The van der Waals surface area contributed by atoms with Crippen molar-refractivity contribution in [2.75, 3.05) is 19.8 Å². The lowest BCUT2D eigenvalue weighted by molar-refractivity contribution is -0.137. The van der Waals surface area contributed by atoms with E-state index < -0.39 is 5.97 Å². The van der Waals surface area contributed by atoms with Crippen molar-refractivity contribution in [3.8, 4) is 11.5 Å². The Hall–Kier alpha value is -2.92. The third-order valence-electron chi connectivity index (χ3n) is 4.18. The summed E-state index contributed by atoms with van der Waals surface area (Å²) in [5.41, 5.74) is 0.763. The number of amides is 1. The highest BCUT2D eigenvalue weighted by atomic mass is 32.2. The molecule has 1 aliphatic heterocycles. The smallest absolute Gasteiger partial charge is 0.306 e. The minimum absolute atomic E-state index is 0.0427. The fourth-order valence-corrected chi connectivity index (χ4v) is 4.45. The number of amidine groups is 1. The number of carbonyl (C=O) groups excluding carboxylic acids is 1. The van der Waals surface area contributed by atoms with E-state index in [2.05, 4.69) is 15.2 Å². The van der Waals surface area contributed by atoms with Crippen molar-refractivity contribution < 1.29 is 24.2 Å². The van der Waals surface area contributed by atoms with Crippen LogP contribution in [0.25, 0.3) is 6.08 Å².